The SMILES string of the molecule is Cc1cnc(Nc2ccc(OC(F)(F)F)cc2)cc1-c1cccc(C(=O)NCCOCCOCCN)c1. The standard InChI is InChI=1S/C26H29F3N4O4/c1-18-17-32-24(33-21-5-7-22(8-6-21)37-26(27,28)29)16-23(18)19-3-2-4-20(15-19)25(34)31-10-12-36-14-13-35-11-9-30/h2-8,15-17H,9-14,30H2,1H3,(H,31,34)(H,32,33). The fourth-order valence-corrected chi connectivity index (χ4v) is 3.36. The third-order valence-electron chi connectivity index (χ3n) is 5.07. The number of pyridine rings is 1. The number of anilines is 2. The van der Waals surface area contributed by atoms with Crippen LogP contribution in [0.2, 0.25) is 0 Å². The number of benzene rings is 2. The lowest BCUT2D eigenvalue weighted by Crippen LogP contribution is -2.27. The minimum atomic E-state index is -4.75. The van der Waals surface area contributed by atoms with E-state index in [1.54, 1.807) is 24.4 Å². The molecule has 1 aromatic heterocycles. The van der Waals surface area contributed by atoms with Crippen molar-refractivity contribution >= 4 is 17.4 Å². The molecular formula is C26H29F3N4O4. The lowest BCUT2D eigenvalue weighted by atomic mass is 10.00. The zero-order valence-electron chi connectivity index (χ0n) is 20.3. The van der Waals surface area contributed by atoms with E-state index >= 15 is 0 Å². The molecule has 37 heavy (non-hydrogen) atoms. The summed E-state index contributed by atoms with van der Waals surface area (Å²) in [6, 6.07) is 14.4. The number of nitrogens with one attached hydrogen (secondary N) is 2. The second-order valence-corrected chi connectivity index (χ2v) is 7.93. The number of hydrogen-bond acceptors (Lipinski definition) is 7. The Morgan fingerprint density at radius 3 is 2.43 bits per heavy atom. The molecule has 2 aromatic carbocycles. The molecule has 3 aromatic rings. The first-order chi connectivity index (χ1) is 17.7. The van der Waals surface area contributed by atoms with Crippen LogP contribution in [-0.4, -0.2) is 56.8 Å². The maximum Gasteiger partial charge on any atom is 0.573 e. The number of nitrogens with two attached hydrogens (primary N) is 1. The van der Waals surface area contributed by atoms with E-state index in [1.807, 2.05) is 19.1 Å². The molecule has 0 saturated heterocycles. The number of aryl methyl sites for hydroxylation is 1. The average molecular weight is 519 g/mol. The van der Waals surface area contributed by atoms with Gasteiger partial charge >= 0.3 is 6.36 Å². The van der Waals surface area contributed by atoms with Gasteiger partial charge in [0.05, 0.1) is 26.4 Å². The second kappa shape index (κ2) is 13.6. The summed E-state index contributed by atoms with van der Waals surface area (Å²) in [4.78, 5) is 16.9. The number of nitrogens with zero attached hydrogens (tertiary/aromatic N) is 1. The van der Waals surface area contributed by atoms with Gasteiger partial charge in [-0.05, 0) is 66.1 Å². The molecule has 1 amide bonds. The highest BCUT2D eigenvalue weighted by Gasteiger charge is 2.30. The number of carbonyl (C=O) groups excluding carboxylic acids is 1. The zero-order chi connectivity index (χ0) is 26.7. The van der Waals surface area contributed by atoms with Crippen molar-refractivity contribution in [3.63, 3.8) is 0 Å². The van der Waals surface area contributed by atoms with E-state index in [4.69, 9.17) is 15.2 Å². The Labute approximate surface area is 212 Å². The predicted molar refractivity (Wildman–Crippen MR) is 134 cm³/mol. The van der Waals surface area contributed by atoms with Crippen molar-refractivity contribution < 1.29 is 32.2 Å². The first-order valence-electron chi connectivity index (χ1n) is 11.6. The highest BCUT2D eigenvalue weighted by Crippen LogP contribution is 2.29. The molecule has 0 unspecified atom stereocenters. The van der Waals surface area contributed by atoms with Gasteiger partial charge in [-0.15, -0.1) is 13.2 Å². The fourth-order valence-electron chi connectivity index (χ4n) is 3.36. The molecule has 11 heteroatoms. The molecule has 0 saturated carbocycles. The minimum absolute atomic E-state index is 0.226. The minimum Gasteiger partial charge on any atom is -0.406 e. The number of aromatic nitrogens is 1. The van der Waals surface area contributed by atoms with E-state index in [1.165, 1.54) is 24.3 Å². The van der Waals surface area contributed by atoms with Crippen LogP contribution in [0.25, 0.3) is 11.1 Å². The molecule has 0 radical (unpaired) electrons. The summed E-state index contributed by atoms with van der Waals surface area (Å²) in [5.74, 6) is -0.0441. The average Bonchev–Trinajstić information content (AvgIpc) is 2.87. The molecule has 1 heterocycles. The molecule has 0 atom stereocenters. The van der Waals surface area contributed by atoms with Crippen LogP contribution in [0, 0.1) is 6.92 Å². The van der Waals surface area contributed by atoms with E-state index in [-0.39, 0.29) is 11.7 Å². The van der Waals surface area contributed by atoms with Gasteiger partial charge in [-0.3, -0.25) is 4.79 Å². The maximum atomic E-state index is 12.6. The van der Waals surface area contributed by atoms with E-state index in [0.29, 0.717) is 56.6 Å². The van der Waals surface area contributed by atoms with E-state index < -0.39 is 6.36 Å². The molecule has 0 aliphatic rings. The Morgan fingerprint density at radius 1 is 1.00 bits per heavy atom. The molecule has 0 spiro atoms. The van der Waals surface area contributed by atoms with E-state index in [9.17, 15) is 18.0 Å². The number of ether oxygens (including phenoxy) is 3. The van der Waals surface area contributed by atoms with Gasteiger partial charge in [0.15, 0.2) is 0 Å². The number of carbonyl (C=O) groups is 1. The molecule has 0 aliphatic carbocycles. The maximum absolute atomic E-state index is 12.6. The Bertz CT molecular complexity index is 1160. The Kier molecular flexibility index (Phi) is 10.2. The second-order valence-electron chi connectivity index (χ2n) is 7.93. The van der Waals surface area contributed by atoms with Gasteiger partial charge in [0.2, 0.25) is 0 Å². The molecule has 0 bridgehead atoms. The van der Waals surface area contributed by atoms with Crippen LogP contribution in [0.3, 0.4) is 0 Å². The highest BCUT2D eigenvalue weighted by molar-refractivity contribution is 5.95. The van der Waals surface area contributed by atoms with Crippen LogP contribution >= 0.6 is 0 Å². The van der Waals surface area contributed by atoms with Gasteiger partial charge in [0.1, 0.15) is 11.6 Å². The number of halogens is 3. The Balaban J connectivity index is 1.60. The van der Waals surface area contributed by atoms with Crippen LogP contribution in [0.5, 0.6) is 5.75 Å². The number of rotatable bonds is 13. The first-order valence-corrected chi connectivity index (χ1v) is 11.6. The largest absolute Gasteiger partial charge is 0.573 e. The normalized spacial score (nSPS) is 11.3. The Hall–Kier alpha value is -3.67. The molecule has 198 valence electrons. The first kappa shape index (κ1) is 27.9. The van der Waals surface area contributed by atoms with Crippen molar-refractivity contribution in [3.8, 4) is 16.9 Å². The van der Waals surface area contributed by atoms with Crippen LogP contribution in [0.4, 0.5) is 24.7 Å². The summed E-state index contributed by atoms with van der Waals surface area (Å²) in [6.07, 6.45) is -3.07. The van der Waals surface area contributed by atoms with Crippen molar-refractivity contribution in [2.24, 2.45) is 5.73 Å². The summed E-state index contributed by atoms with van der Waals surface area (Å²) < 4.78 is 51.6. The van der Waals surface area contributed by atoms with Crippen LogP contribution in [0.1, 0.15) is 15.9 Å². The van der Waals surface area contributed by atoms with Crippen molar-refractivity contribution in [1.82, 2.24) is 10.3 Å². The van der Waals surface area contributed by atoms with Crippen LogP contribution < -0.4 is 21.1 Å². The number of hydrogen-bond donors (Lipinski definition) is 3. The lowest BCUT2D eigenvalue weighted by molar-refractivity contribution is -0.274. The predicted octanol–water partition coefficient (Wildman–Crippen LogP) is 4.42. The quantitative estimate of drug-likeness (QED) is 0.288. The van der Waals surface area contributed by atoms with Crippen molar-refractivity contribution in [2.75, 3.05) is 44.8 Å². The van der Waals surface area contributed by atoms with Crippen molar-refractivity contribution in [2.45, 2.75) is 13.3 Å². The van der Waals surface area contributed by atoms with Crippen LogP contribution in [0.15, 0.2) is 60.8 Å². The molecule has 0 aliphatic heterocycles. The summed E-state index contributed by atoms with van der Waals surface area (Å²) in [6.45, 7) is 4.44. The van der Waals surface area contributed by atoms with Gasteiger partial charge in [0, 0.05) is 30.5 Å². The Morgan fingerprint density at radius 2 is 1.73 bits per heavy atom. The van der Waals surface area contributed by atoms with Gasteiger partial charge in [0.25, 0.3) is 5.91 Å². The van der Waals surface area contributed by atoms with Gasteiger partial charge in [-0.2, -0.15) is 0 Å². The van der Waals surface area contributed by atoms with Gasteiger partial charge in [-0.1, -0.05) is 12.1 Å². The van der Waals surface area contributed by atoms with Crippen molar-refractivity contribution in [3.05, 3.63) is 71.9 Å². The summed E-state index contributed by atoms with van der Waals surface area (Å²) >= 11 is 0. The van der Waals surface area contributed by atoms with Crippen LogP contribution in [-0.2, 0) is 9.47 Å². The van der Waals surface area contributed by atoms with E-state index in [0.717, 1.165) is 16.7 Å². The summed E-state index contributed by atoms with van der Waals surface area (Å²) in [7, 11) is 0. The molecule has 8 nitrogen and oxygen atoms in total. The zero-order valence-corrected chi connectivity index (χ0v) is 20.3. The highest BCUT2D eigenvalue weighted by atomic mass is 19.4. The van der Waals surface area contributed by atoms with Crippen molar-refractivity contribution in [1.29, 1.82) is 0 Å². The molecular weight excluding hydrogens is 489 g/mol. The number of alkyl halides is 3. The van der Waals surface area contributed by atoms with Gasteiger partial charge in [-0.25, -0.2) is 4.98 Å². The topological polar surface area (TPSA) is 108 Å². The lowest BCUT2D eigenvalue weighted by Gasteiger charge is -2.13. The summed E-state index contributed by atoms with van der Waals surface area (Å²) in [5.41, 5.74) is 8.94. The third-order valence-corrected chi connectivity index (χ3v) is 5.07. The smallest absolute Gasteiger partial charge is 0.406 e. The molecule has 3 rings (SSSR count). The summed E-state index contributed by atoms with van der Waals surface area (Å²) in [5, 5.41) is 5.90. The van der Waals surface area contributed by atoms with E-state index in [2.05, 4.69) is 20.4 Å². The number of amides is 1. The third kappa shape index (κ3) is 9.37. The monoisotopic (exact) mass is 518 g/mol. The van der Waals surface area contributed by atoms with Gasteiger partial charge < -0.3 is 30.6 Å². The molecule has 4 N–H and O–H groups in total. The fraction of sp³-hybridized carbons (Fsp3) is 0.308. The molecule has 0 fully saturated rings.